The molecule has 1 N–H and O–H groups in total. The van der Waals surface area contributed by atoms with Crippen molar-refractivity contribution in [2.24, 2.45) is 0 Å². The third-order valence-corrected chi connectivity index (χ3v) is 6.83. The third kappa shape index (κ3) is 5.70. The van der Waals surface area contributed by atoms with E-state index >= 15 is 0 Å². The van der Waals surface area contributed by atoms with E-state index in [-0.39, 0.29) is 6.10 Å². The fourth-order valence-corrected chi connectivity index (χ4v) is 4.55. The summed E-state index contributed by atoms with van der Waals surface area (Å²) in [6.45, 7) is 2.13. The Kier molecular flexibility index (Phi) is 7.93. The van der Waals surface area contributed by atoms with Gasteiger partial charge in [-0.3, -0.25) is 0 Å². The van der Waals surface area contributed by atoms with Gasteiger partial charge in [0.05, 0.1) is 34.9 Å². The average Bonchev–Trinajstić information content (AvgIpc) is 2.84. The molecule has 0 bridgehead atoms. The van der Waals surface area contributed by atoms with E-state index in [9.17, 15) is 5.26 Å². The minimum atomic E-state index is -0.686. The van der Waals surface area contributed by atoms with Gasteiger partial charge in [-0.05, 0) is 66.1 Å². The number of rotatable bonds is 7. The molecule has 1 fully saturated rings. The Bertz CT molecular complexity index is 1150. The van der Waals surface area contributed by atoms with E-state index in [0.717, 1.165) is 29.7 Å². The standard InChI is InChI=1S/C26H23Cl3N2O2/c27-22-7-5-21(6-8-22)26(33-17-19-3-1-2-18(12-19)14-30)10-11-31-15-25(26)32-16-20-4-9-23(28)24(29)13-20/h1-9,12-13,25,31H,10-11,15-17H2. The average molecular weight is 502 g/mol. The van der Waals surface area contributed by atoms with Gasteiger partial charge in [-0.1, -0.05) is 65.1 Å². The number of ether oxygens (including phenoxy) is 2. The van der Waals surface area contributed by atoms with E-state index < -0.39 is 5.60 Å². The van der Waals surface area contributed by atoms with Crippen molar-refractivity contribution in [1.82, 2.24) is 5.32 Å². The number of nitrogens with one attached hydrogen (secondary N) is 1. The fraction of sp³-hybridized carbons (Fsp3) is 0.269. The lowest BCUT2D eigenvalue weighted by atomic mass is 9.82. The molecule has 0 radical (unpaired) electrons. The van der Waals surface area contributed by atoms with Gasteiger partial charge in [-0.25, -0.2) is 0 Å². The molecule has 0 amide bonds. The van der Waals surface area contributed by atoms with Crippen molar-refractivity contribution in [1.29, 1.82) is 5.26 Å². The molecule has 0 spiro atoms. The molecule has 3 aromatic rings. The van der Waals surface area contributed by atoms with Crippen molar-refractivity contribution in [3.8, 4) is 6.07 Å². The molecule has 1 aliphatic heterocycles. The molecule has 1 aliphatic rings. The van der Waals surface area contributed by atoms with Crippen molar-refractivity contribution in [3.05, 3.63) is 104 Å². The fourth-order valence-electron chi connectivity index (χ4n) is 4.11. The summed E-state index contributed by atoms with van der Waals surface area (Å²) in [5.41, 5.74) is 2.79. The van der Waals surface area contributed by atoms with Gasteiger partial charge in [-0.2, -0.15) is 5.26 Å². The summed E-state index contributed by atoms with van der Waals surface area (Å²) in [6.07, 6.45) is 0.458. The highest BCUT2D eigenvalue weighted by molar-refractivity contribution is 6.42. The second-order valence-electron chi connectivity index (χ2n) is 8.00. The first-order valence-electron chi connectivity index (χ1n) is 10.7. The van der Waals surface area contributed by atoms with Crippen molar-refractivity contribution >= 4 is 34.8 Å². The second-order valence-corrected chi connectivity index (χ2v) is 9.25. The molecular formula is C26H23Cl3N2O2. The maximum Gasteiger partial charge on any atom is 0.122 e. The molecule has 0 saturated carbocycles. The molecule has 1 heterocycles. The predicted octanol–water partition coefficient (Wildman–Crippen LogP) is 6.51. The summed E-state index contributed by atoms with van der Waals surface area (Å²) < 4.78 is 13.1. The highest BCUT2D eigenvalue weighted by atomic mass is 35.5. The normalized spacial score (nSPS) is 20.4. The predicted molar refractivity (Wildman–Crippen MR) is 132 cm³/mol. The molecule has 2 unspecified atom stereocenters. The molecule has 170 valence electrons. The van der Waals surface area contributed by atoms with Crippen LogP contribution in [-0.2, 0) is 28.3 Å². The van der Waals surface area contributed by atoms with Crippen LogP contribution in [0.3, 0.4) is 0 Å². The molecule has 4 nitrogen and oxygen atoms in total. The lowest BCUT2D eigenvalue weighted by Gasteiger charge is -2.44. The van der Waals surface area contributed by atoms with Crippen molar-refractivity contribution in [2.45, 2.75) is 31.3 Å². The van der Waals surface area contributed by atoms with Gasteiger partial charge in [0.25, 0.3) is 0 Å². The molecule has 0 aliphatic carbocycles. The number of halogens is 3. The number of hydrogen-bond acceptors (Lipinski definition) is 4. The van der Waals surface area contributed by atoms with Gasteiger partial charge < -0.3 is 14.8 Å². The summed E-state index contributed by atoms with van der Waals surface area (Å²) >= 11 is 18.4. The quantitative estimate of drug-likeness (QED) is 0.401. The lowest BCUT2D eigenvalue weighted by molar-refractivity contribution is -0.176. The molecule has 33 heavy (non-hydrogen) atoms. The Hall–Kier alpha value is -2.10. The van der Waals surface area contributed by atoms with E-state index in [1.54, 1.807) is 12.1 Å². The zero-order valence-corrected chi connectivity index (χ0v) is 20.1. The SMILES string of the molecule is N#Cc1cccc(COC2(c3ccc(Cl)cc3)CCNCC2OCc2ccc(Cl)c(Cl)c2)c1. The van der Waals surface area contributed by atoms with Gasteiger partial charge in [0.15, 0.2) is 0 Å². The maximum absolute atomic E-state index is 9.24. The Morgan fingerprint density at radius 3 is 2.48 bits per heavy atom. The number of piperidine rings is 1. The summed E-state index contributed by atoms with van der Waals surface area (Å²) in [7, 11) is 0. The summed E-state index contributed by atoms with van der Waals surface area (Å²) in [5, 5.41) is 14.3. The van der Waals surface area contributed by atoms with Crippen LogP contribution in [0, 0.1) is 11.3 Å². The van der Waals surface area contributed by atoms with Crippen LogP contribution in [0.2, 0.25) is 15.1 Å². The van der Waals surface area contributed by atoms with Crippen LogP contribution in [0.1, 0.15) is 28.7 Å². The topological polar surface area (TPSA) is 54.3 Å². The van der Waals surface area contributed by atoms with Crippen molar-refractivity contribution in [3.63, 3.8) is 0 Å². The second kappa shape index (κ2) is 10.9. The van der Waals surface area contributed by atoms with Crippen molar-refractivity contribution < 1.29 is 9.47 Å². The molecule has 1 saturated heterocycles. The Balaban J connectivity index is 1.62. The third-order valence-electron chi connectivity index (χ3n) is 5.84. The number of nitrogens with zero attached hydrogens (tertiary/aromatic N) is 1. The van der Waals surface area contributed by atoms with Crippen LogP contribution >= 0.6 is 34.8 Å². The Labute approximate surface area is 209 Å². The van der Waals surface area contributed by atoms with Gasteiger partial charge >= 0.3 is 0 Å². The summed E-state index contributed by atoms with van der Waals surface area (Å²) in [6, 6.07) is 22.9. The van der Waals surface area contributed by atoms with Crippen LogP contribution in [0.15, 0.2) is 66.7 Å². The minimum absolute atomic E-state index is 0.263. The monoisotopic (exact) mass is 500 g/mol. The van der Waals surface area contributed by atoms with Crippen LogP contribution in [-0.4, -0.2) is 19.2 Å². The van der Waals surface area contributed by atoms with Crippen LogP contribution in [0.25, 0.3) is 0 Å². The highest BCUT2D eigenvalue weighted by Gasteiger charge is 2.44. The molecule has 3 aromatic carbocycles. The minimum Gasteiger partial charge on any atom is -0.369 e. The van der Waals surface area contributed by atoms with Gasteiger partial charge in [0.2, 0.25) is 0 Å². The van der Waals surface area contributed by atoms with Gasteiger partial charge in [0.1, 0.15) is 11.7 Å². The highest BCUT2D eigenvalue weighted by Crippen LogP contribution is 2.39. The van der Waals surface area contributed by atoms with E-state index in [0.29, 0.717) is 40.4 Å². The molecule has 4 rings (SSSR count). The zero-order chi connectivity index (χ0) is 23.3. The maximum atomic E-state index is 9.24. The Morgan fingerprint density at radius 2 is 1.73 bits per heavy atom. The summed E-state index contributed by atoms with van der Waals surface area (Å²) in [5.74, 6) is 0. The van der Waals surface area contributed by atoms with Crippen molar-refractivity contribution in [2.75, 3.05) is 13.1 Å². The number of nitriles is 1. The van der Waals surface area contributed by atoms with E-state index in [1.807, 2.05) is 54.6 Å². The Morgan fingerprint density at radius 1 is 0.939 bits per heavy atom. The zero-order valence-electron chi connectivity index (χ0n) is 17.9. The van der Waals surface area contributed by atoms with E-state index in [1.165, 1.54) is 0 Å². The van der Waals surface area contributed by atoms with E-state index in [4.69, 9.17) is 44.3 Å². The molecular weight excluding hydrogens is 479 g/mol. The van der Waals surface area contributed by atoms with Crippen LogP contribution < -0.4 is 5.32 Å². The summed E-state index contributed by atoms with van der Waals surface area (Å²) in [4.78, 5) is 0. The molecule has 2 atom stereocenters. The largest absolute Gasteiger partial charge is 0.369 e. The smallest absolute Gasteiger partial charge is 0.122 e. The van der Waals surface area contributed by atoms with Crippen LogP contribution in [0.4, 0.5) is 0 Å². The first-order chi connectivity index (χ1) is 16.0. The molecule has 7 heteroatoms. The van der Waals surface area contributed by atoms with E-state index in [2.05, 4.69) is 11.4 Å². The first-order valence-corrected chi connectivity index (χ1v) is 11.8. The molecule has 0 aromatic heterocycles. The van der Waals surface area contributed by atoms with Gasteiger partial charge in [-0.15, -0.1) is 0 Å². The van der Waals surface area contributed by atoms with Gasteiger partial charge in [0, 0.05) is 11.6 Å². The number of hydrogen-bond donors (Lipinski definition) is 1. The first kappa shape index (κ1) is 24.0. The number of benzene rings is 3. The lowest BCUT2D eigenvalue weighted by Crippen LogP contribution is -2.54. The van der Waals surface area contributed by atoms with Crippen LogP contribution in [0.5, 0.6) is 0 Å².